The van der Waals surface area contributed by atoms with Gasteiger partial charge in [0.2, 0.25) is 0 Å². The highest BCUT2D eigenvalue weighted by Crippen LogP contribution is 2.26. The van der Waals surface area contributed by atoms with E-state index in [9.17, 15) is 0 Å². The number of hydrogen-bond donors (Lipinski definition) is 1. The second kappa shape index (κ2) is 6.70. The van der Waals surface area contributed by atoms with Crippen molar-refractivity contribution >= 4 is 22.4 Å². The Bertz CT molecular complexity index is 299. The van der Waals surface area contributed by atoms with Crippen molar-refractivity contribution in [3.8, 4) is 0 Å². The number of anilines is 2. The Morgan fingerprint density at radius 2 is 2.19 bits per heavy atom. The molecule has 2 N–H and O–H groups in total. The van der Waals surface area contributed by atoms with Crippen LogP contribution in [0, 0.1) is 0 Å². The summed E-state index contributed by atoms with van der Waals surface area (Å²) in [6, 6.07) is 2.48. The molecule has 0 saturated heterocycles. The molecule has 0 bridgehead atoms. The molecule has 0 aliphatic heterocycles. The molecule has 0 spiro atoms. The average Bonchev–Trinajstić information content (AvgIpc) is 2.71. The first-order valence-electron chi connectivity index (χ1n) is 5.70. The Morgan fingerprint density at radius 3 is 2.62 bits per heavy atom. The fourth-order valence-electron chi connectivity index (χ4n) is 1.81. The number of rotatable bonds is 7. The predicted molar refractivity (Wildman–Crippen MR) is 70.1 cm³/mol. The maximum absolute atomic E-state index is 5.67. The Morgan fingerprint density at radius 1 is 1.50 bits per heavy atom. The van der Waals surface area contributed by atoms with Crippen LogP contribution >= 0.6 is 11.5 Å². The van der Waals surface area contributed by atoms with E-state index in [-0.39, 0.29) is 0 Å². The number of methoxy groups -OCH3 is 1. The van der Waals surface area contributed by atoms with E-state index in [0.717, 1.165) is 31.0 Å². The Kier molecular flexibility index (Phi) is 5.55. The van der Waals surface area contributed by atoms with Gasteiger partial charge in [0.1, 0.15) is 10.8 Å². The van der Waals surface area contributed by atoms with Gasteiger partial charge in [-0.15, -0.1) is 0 Å². The molecule has 1 aromatic heterocycles. The number of ether oxygens (including phenoxy) is 1. The van der Waals surface area contributed by atoms with Gasteiger partial charge in [-0.2, -0.15) is 4.37 Å². The van der Waals surface area contributed by atoms with Gasteiger partial charge in [-0.1, -0.05) is 13.8 Å². The lowest BCUT2D eigenvalue weighted by atomic mass is 10.1. The van der Waals surface area contributed by atoms with Crippen molar-refractivity contribution < 1.29 is 4.74 Å². The minimum absolute atomic E-state index is 0.537. The Hall–Kier alpha value is -0.810. The van der Waals surface area contributed by atoms with Crippen molar-refractivity contribution in [2.24, 2.45) is 0 Å². The third-order valence-electron chi connectivity index (χ3n) is 2.72. The maximum Gasteiger partial charge on any atom is 0.139 e. The quantitative estimate of drug-likeness (QED) is 0.799. The summed E-state index contributed by atoms with van der Waals surface area (Å²) in [6.45, 7) is 6.04. The molecule has 4 nitrogen and oxygen atoms in total. The fraction of sp³-hybridized carbons (Fsp3) is 0.727. The minimum atomic E-state index is 0.537. The van der Waals surface area contributed by atoms with Gasteiger partial charge >= 0.3 is 0 Å². The van der Waals surface area contributed by atoms with Crippen molar-refractivity contribution in [2.45, 2.75) is 32.7 Å². The predicted octanol–water partition coefficient (Wildman–Crippen LogP) is 2.37. The van der Waals surface area contributed by atoms with Crippen molar-refractivity contribution in [2.75, 3.05) is 30.9 Å². The first kappa shape index (κ1) is 13.3. The number of aromatic nitrogens is 1. The summed E-state index contributed by atoms with van der Waals surface area (Å²) in [5.41, 5.74) is 5.67. The summed E-state index contributed by atoms with van der Waals surface area (Å²) in [4.78, 5) is 2.34. The summed E-state index contributed by atoms with van der Waals surface area (Å²) < 4.78 is 9.28. The van der Waals surface area contributed by atoms with Crippen LogP contribution in [0.5, 0.6) is 0 Å². The van der Waals surface area contributed by atoms with E-state index in [1.807, 2.05) is 6.07 Å². The van der Waals surface area contributed by atoms with Crippen LogP contribution in [0.1, 0.15) is 26.7 Å². The zero-order valence-corrected chi connectivity index (χ0v) is 11.1. The number of hydrogen-bond acceptors (Lipinski definition) is 5. The molecule has 0 aromatic carbocycles. The van der Waals surface area contributed by atoms with Crippen molar-refractivity contribution in [1.29, 1.82) is 0 Å². The van der Waals surface area contributed by atoms with Gasteiger partial charge in [0.05, 0.1) is 6.61 Å². The molecule has 0 fully saturated rings. The van der Waals surface area contributed by atoms with Crippen LogP contribution in [0.25, 0.3) is 0 Å². The van der Waals surface area contributed by atoms with E-state index in [2.05, 4.69) is 23.1 Å². The first-order chi connectivity index (χ1) is 7.72. The monoisotopic (exact) mass is 243 g/mol. The van der Waals surface area contributed by atoms with E-state index in [1.54, 1.807) is 7.11 Å². The van der Waals surface area contributed by atoms with Crippen LogP contribution in [-0.2, 0) is 4.74 Å². The van der Waals surface area contributed by atoms with Gasteiger partial charge in [0.25, 0.3) is 0 Å². The molecule has 1 aromatic rings. The van der Waals surface area contributed by atoms with Gasteiger partial charge < -0.3 is 15.4 Å². The molecule has 92 valence electrons. The second-order valence-corrected chi connectivity index (χ2v) is 4.53. The molecule has 16 heavy (non-hydrogen) atoms. The SMILES string of the molecule is CCC(CC)N(CCOC)c1cc(N)ns1. The lowest BCUT2D eigenvalue weighted by Gasteiger charge is -2.30. The second-order valence-electron chi connectivity index (χ2n) is 3.75. The van der Waals surface area contributed by atoms with Crippen molar-refractivity contribution in [1.82, 2.24) is 4.37 Å². The van der Waals surface area contributed by atoms with Gasteiger partial charge in [0.15, 0.2) is 0 Å². The summed E-state index contributed by atoms with van der Waals surface area (Å²) >= 11 is 1.46. The topological polar surface area (TPSA) is 51.4 Å². The molecule has 0 aliphatic rings. The highest BCUT2D eigenvalue weighted by atomic mass is 32.1. The molecule has 0 amide bonds. The zero-order valence-electron chi connectivity index (χ0n) is 10.3. The highest BCUT2D eigenvalue weighted by Gasteiger charge is 2.17. The number of nitrogen functional groups attached to an aromatic ring is 1. The van der Waals surface area contributed by atoms with Gasteiger partial charge in [0, 0.05) is 25.8 Å². The van der Waals surface area contributed by atoms with Crippen LogP contribution in [0.3, 0.4) is 0 Å². The number of nitrogens with zero attached hydrogens (tertiary/aromatic N) is 2. The van der Waals surface area contributed by atoms with E-state index < -0.39 is 0 Å². The van der Waals surface area contributed by atoms with Gasteiger partial charge in [-0.3, -0.25) is 0 Å². The van der Waals surface area contributed by atoms with E-state index in [0.29, 0.717) is 11.9 Å². The standard InChI is InChI=1S/C11H21N3OS/c1-4-9(5-2)14(6-7-15-3)11-8-10(12)13-16-11/h8-9H,4-7H2,1-3H3,(H2,12,13). The first-order valence-corrected chi connectivity index (χ1v) is 6.48. The normalized spacial score (nSPS) is 11.0. The zero-order chi connectivity index (χ0) is 12.0. The van der Waals surface area contributed by atoms with E-state index in [4.69, 9.17) is 10.5 Å². The molecule has 0 aliphatic carbocycles. The van der Waals surface area contributed by atoms with Crippen LogP contribution in [0.15, 0.2) is 6.07 Å². The summed E-state index contributed by atoms with van der Waals surface area (Å²) in [5, 5.41) is 1.14. The third kappa shape index (κ3) is 3.35. The summed E-state index contributed by atoms with van der Waals surface area (Å²) in [5.74, 6) is 0.605. The molecule has 0 atom stereocenters. The van der Waals surface area contributed by atoms with Gasteiger partial charge in [-0.05, 0) is 24.4 Å². The molecular formula is C11H21N3OS. The smallest absolute Gasteiger partial charge is 0.139 e. The van der Waals surface area contributed by atoms with E-state index in [1.165, 1.54) is 11.5 Å². The largest absolute Gasteiger partial charge is 0.383 e. The fourth-order valence-corrected chi connectivity index (χ4v) is 2.58. The Labute approximate surface area is 102 Å². The lowest BCUT2D eigenvalue weighted by Crippen LogP contribution is -2.36. The van der Waals surface area contributed by atoms with Crippen molar-refractivity contribution in [3.63, 3.8) is 0 Å². The average molecular weight is 243 g/mol. The molecule has 0 saturated carbocycles. The number of nitrogens with two attached hydrogens (primary N) is 1. The van der Waals surface area contributed by atoms with Crippen LogP contribution < -0.4 is 10.6 Å². The molecule has 0 radical (unpaired) electrons. The summed E-state index contributed by atoms with van der Waals surface area (Å²) in [6.07, 6.45) is 2.25. The highest BCUT2D eigenvalue weighted by molar-refractivity contribution is 7.10. The molecule has 5 heteroatoms. The Balaban J connectivity index is 2.77. The molecule has 1 heterocycles. The van der Waals surface area contributed by atoms with E-state index >= 15 is 0 Å². The van der Waals surface area contributed by atoms with Crippen molar-refractivity contribution in [3.05, 3.63) is 6.07 Å². The van der Waals surface area contributed by atoms with Crippen LogP contribution in [0.4, 0.5) is 10.8 Å². The molecule has 0 unspecified atom stereocenters. The molecular weight excluding hydrogens is 222 g/mol. The van der Waals surface area contributed by atoms with Crippen LogP contribution in [-0.4, -0.2) is 30.7 Å². The minimum Gasteiger partial charge on any atom is -0.383 e. The summed E-state index contributed by atoms with van der Waals surface area (Å²) in [7, 11) is 1.73. The van der Waals surface area contributed by atoms with Crippen LogP contribution in [0.2, 0.25) is 0 Å². The maximum atomic E-state index is 5.67. The molecule has 1 rings (SSSR count). The van der Waals surface area contributed by atoms with Gasteiger partial charge in [-0.25, -0.2) is 0 Å². The lowest BCUT2D eigenvalue weighted by molar-refractivity contribution is 0.202. The third-order valence-corrected chi connectivity index (χ3v) is 3.56.